The van der Waals surface area contributed by atoms with Gasteiger partial charge in [-0.1, -0.05) is 32.8 Å². The van der Waals surface area contributed by atoms with E-state index in [1.165, 1.54) is 24.8 Å². The first-order chi connectivity index (χ1) is 9.17. The molecule has 0 aromatic heterocycles. The summed E-state index contributed by atoms with van der Waals surface area (Å²) in [6, 6.07) is 6.92. The van der Waals surface area contributed by atoms with Gasteiger partial charge in [0.1, 0.15) is 5.75 Å². The Kier molecular flexibility index (Phi) is 5.28. The van der Waals surface area contributed by atoms with E-state index in [9.17, 15) is 0 Å². The number of methoxy groups -OCH3 is 1. The summed E-state index contributed by atoms with van der Waals surface area (Å²) in [5.74, 6) is 2.46. The highest BCUT2D eigenvalue weighted by atomic mass is 79.9. The van der Waals surface area contributed by atoms with Gasteiger partial charge < -0.3 is 10.1 Å². The highest BCUT2D eigenvalue weighted by Crippen LogP contribution is 2.41. The quantitative estimate of drug-likeness (QED) is 0.857. The van der Waals surface area contributed by atoms with Crippen LogP contribution in [0.5, 0.6) is 5.75 Å². The van der Waals surface area contributed by atoms with Gasteiger partial charge in [-0.05, 0) is 58.4 Å². The van der Waals surface area contributed by atoms with Crippen LogP contribution in [0, 0.1) is 11.8 Å². The summed E-state index contributed by atoms with van der Waals surface area (Å²) in [5.41, 5.74) is 1.37. The van der Waals surface area contributed by atoms with Gasteiger partial charge in [-0.3, -0.25) is 0 Å². The molecule has 0 aliphatic heterocycles. The van der Waals surface area contributed by atoms with Gasteiger partial charge in [-0.25, -0.2) is 0 Å². The van der Waals surface area contributed by atoms with Crippen LogP contribution in [0.1, 0.15) is 44.7 Å². The minimum absolute atomic E-state index is 0.463. The number of rotatable bonds is 5. The second-order valence-electron chi connectivity index (χ2n) is 5.50. The van der Waals surface area contributed by atoms with Crippen molar-refractivity contribution in [3.8, 4) is 5.75 Å². The van der Waals surface area contributed by atoms with E-state index in [1.54, 1.807) is 7.11 Å². The van der Waals surface area contributed by atoms with Crippen LogP contribution < -0.4 is 10.1 Å². The zero-order valence-electron chi connectivity index (χ0n) is 12.1. The third-order valence-corrected chi connectivity index (χ3v) is 4.93. The Morgan fingerprint density at radius 1 is 1.42 bits per heavy atom. The molecule has 3 heteroatoms. The van der Waals surface area contributed by atoms with Gasteiger partial charge in [0.05, 0.1) is 11.6 Å². The van der Waals surface area contributed by atoms with Crippen LogP contribution in [-0.4, -0.2) is 13.7 Å². The topological polar surface area (TPSA) is 21.3 Å². The lowest BCUT2D eigenvalue weighted by atomic mass is 9.86. The molecule has 0 bridgehead atoms. The lowest BCUT2D eigenvalue weighted by molar-refractivity contribution is 0.305. The van der Waals surface area contributed by atoms with E-state index in [-0.39, 0.29) is 0 Å². The van der Waals surface area contributed by atoms with E-state index >= 15 is 0 Å². The van der Waals surface area contributed by atoms with Gasteiger partial charge in [0.2, 0.25) is 0 Å². The molecule has 3 atom stereocenters. The van der Waals surface area contributed by atoms with Crippen molar-refractivity contribution < 1.29 is 4.74 Å². The van der Waals surface area contributed by atoms with E-state index in [2.05, 4.69) is 53.3 Å². The van der Waals surface area contributed by atoms with Gasteiger partial charge in [0.25, 0.3) is 0 Å². The number of benzene rings is 1. The van der Waals surface area contributed by atoms with Crippen LogP contribution in [0.4, 0.5) is 0 Å². The fraction of sp³-hybridized carbons (Fsp3) is 0.625. The van der Waals surface area contributed by atoms with E-state index in [0.717, 1.165) is 28.6 Å². The molecule has 0 spiro atoms. The van der Waals surface area contributed by atoms with Gasteiger partial charge in [-0.2, -0.15) is 0 Å². The lowest BCUT2D eigenvalue weighted by Gasteiger charge is -2.28. The summed E-state index contributed by atoms with van der Waals surface area (Å²) >= 11 is 3.60. The fourth-order valence-corrected chi connectivity index (χ4v) is 3.84. The second kappa shape index (κ2) is 6.76. The molecule has 1 fully saturated rings. The van der Waals surface area contributed by atoms with Gasteiger partial charge in [0.15, 0.2) is 0 Å². The van der Waals surface area contributed by atoms with E-state index < -0.39 is 0 Å². The molecule has 1 aliphatic rings. The Hall–Kier alpha value is -0.540. The average Bonchev–Trinajstić information content (AvgIpc) is 2.82. The van der Waals surface area contributed by atoms with Crippen LogP contribution in [0.3, 0.4) is 0 Å². The molecule has 2 nitrogen and oxygen atoms in total. The number of hydrogen-bond donors (Lipinski definition) is 1. The molecule has 1 aliphatic carbocycles. The number of nitrogens with one attached hydrogen (secondary N) is 1. The summed E-state index contributed by atoms with van der Waals surface area (Å²) in [4.78, 5) is 0. The van der Waals surface area contributed by atoms with Crippen molar-refractivity contribution in [1.29, 1.82) is 0 Å². The highest BCUT2D eigenvalue weighted by molar-refractivity contribution is 9.10. The molecule has 1 aromatic carbocycles. The average molecular weight is 326 g/mol. The van der Waals surface area contributed by atoms with Crippen molar-refractivity contribution in [3.05, 3.63) is 28.2 Å². The molecule has 0 saturated heterocycles. The Balaban J connectivity index is 2.25. The first-order valence-corrected chi connectivity index (χ1v) is 8.03. The Labute approximate surface area is 125 Å². The van der Waals surface area contributed by atoms with Crippen molar-refractivity contribution >= 4 is 15.9 Å². The lowest BCUT2D eigenvalue weighted by Crippen LogP contribution is -2.29. The van der Waals surface area contributed by atoms with Crippen molar-refractivity contribution in [2.75, 3.05) is 13.7 Å². The van der Waals surface area contributed by atoms with E-state index in [1.807, 2.05) is 0 Å². The second-order valence-corrected chi connectivity index (χ2v) is 6.36. The van der Waals surface area contributed by atoms with Crippen LogP contribution in [0.25, 0.3) is 0 Å². The zero-order chi connectivity index (χ0) is 13.8. The molecular formula is C16H24BrNO. The first-order valence-electron chi connectivity index (χ1n) is 7.24. The smallest absolute Gasteiger partial charge is 0.133 e. The monoisotopic (exact) mass is 325 g/mol. The van der Waals surface area contributed by atoms with Gasteiger partial charge in [-0.15, -0.1) is 0 Å². The summed E-state index contributed by atoms with van der Waals surface area (Å²) in [5, 5.41) is 3.67. The highest BCUT2D eigenvalue weighted by Gasteiger charge is 2.31. The fourth-order valence-electron chi connectivity index (χ4n) is 3.28. The minimum Gasteiger partial charge on any atom is -0.496 e. The van der Waals surface area contributed by atoms with Crippen molar-refractivity contribution in [2.45, 2.75) is 39.2 Å². The third-order valence-electron chi connectivity index (χ3n) is 4.31. The Bertz CT molecular complexity index is 421. The molecular weight excluding hydrogens is 302 g/mol. The van der Waals surface area contributed by atoms with Crippen LogP contribution in [-0.2, 0) is 0 Å². The minimum atomic E-state index is 0.463. The molecule has 19 heavy (non-hydrogen) atoms. The molecule has 3 unspecified atom stereocenters. The Morgan fingerprint density at radius 2 is 2.21 bits per heavy atom. The van der Waals surface area contributed by atoms with Crippen LogP contribution in [0.2, 0.25) is 0 Å². The van der Waals surface area contributed by atoms with Crippen LogP contribution in [0.15, 0.2) is 22.7 Å². The SMILES string of the molecule is CCNC(c1ccc(OC)c(Br)c1)C1CCCC1C. The summed E-state index contributed by atoms with van der Waals surface area (Å²) < 4.78 is 6.36. The van der Waals surface area contributed by atoms with E-state index in [0.29, 0.717) is 6.04 Å². The summed E-state index contributed by atoms with van der Waals surface area (Å²) in [6.45, 7) is 5.59. The summed E-state index contributed by atoms with van der Waals surface area (Å²) in [7, 11) is 1.71. The van der Waals surface area contributed by atoms with Crippen molar-refractivity contribution in [2.24, 2.45) is 11.8 Å². The van der Waals surface area contributed by atoms with Crippen LogP contribution >= 0.6 is 15.9 Å². The van der Waals surface area contributed by atoms with Gasteiger partial charge >= 0.3 is 0 Å². The standard InChI is InChI=1S/C16H24BrNO/c1-4-18-16(13-7-5-6-11(13)2)12-8-9-15(19-3)14(17)10-12/h8-11,13,16,18H,4-7H2,1-3H3. The number of hydrogen-bond acceptors (Lipinski definition) is 2. The molecule has 2 rings (SSSR count). The maximum absolute atomic E-state index is 5.32. The summed E-state index contributed by atoms with van der Waals surface area (Å²) in [6.07, 6.45) is 4.07. The molecule has 0 amide bonds. The predicted octanol–water partition coefficient (Wildman–Crippen LogP) is 4.54. The maximum Gasteiger partial charge on any atom is 0.133 e. The number of ether oxygens (including phenoxy) is 1. The first kappa shape index (κ1) is 14.9. The molecule has 0 heterocycles. The number of halogens is 1. The molecule has 1 aromatic rings. The third kappa shape index (κ3) is 3.32. The molecule has 1 saturated carbocycles. The molecule has 106 valence electrons. The van der Waals surface area contributed by atoms with Gasteiger partial charge in [0, 0.05) is 6.04 Å². The zero-order valence-corrected chi connectivity index (χ0v) is 13.7. The van der Waals surface area contributed by atoms with Crippen molar-refractivity contribution in [1.82, 2.24) is 5.32 Å². The Morgan fingerprint density at radius 3 is 2.74 bits per heavy atom. The maximum atomic E-state index is 5.32. The molecule has 0 radical (unpaired) electrons. The molecule has 1 N–H and O–H groups in total. The predicted molar refractivity (Wildman–Crippen MR) is 83.6 cm³/mol. The normalized spacial score (nSPS) is 24.4. The van der Waals surface area contributed by atoms with E-state index in [4.69, 9.17) is 4.74 Å². The largest absolute Gasteiger partial charge is 0.496 e. The van der Waals surface area contributed by atoms with Crippen molar-refractivity contribution in [3.63, 3.8) is 0 Å².